The van der Waals surface area contributed by atoms with Gasteiger partial charge in [-0.1, -0.05) is 6.07 Å². The van der Waals surface area contributed by atoms with Gasteiger partial charge in [0.1, 0.15) is 4.21 Å². The summed E-state index contributed by atoms with van der Waals surface area (Å²) in [7, 11) is -3.53. The molecule has 10 heteroatoms. The number of alkyl halides is 2. The van der Waals surface area contributed by atoms with E-state index in [0.717, 1.165) is 60.3 Å². The van der Waals surface area contributed by atoms with E-state index in [-0.39, 0.29) is 4.21 Å². The second kappa shape index (κ2) is 7.37. The fraction of sp³-hybridized carbons (Fsp3) is 0.450. The molecule has 0 saturated carbocycles. The van der Waals surface area contributed by atoms with Crippen molar-refractivity contribution in [2.75, 3.05) is 11.9 Å². The third kappa shape index (κ3) is 3.35. The number of nitrogens with two attached hydrogens (primary N) is 1. The predicted octanol–water partition coefficient (Wildman–Crippen LogP) is 3.72. The second-order valence-corrected chi connectivity index (χ2v) is 11.1. The molecular weight excluding hydrogens is 430 g/mol. The molecule has 4 N–H and O–H groups in total. The fourth-order valence-electron chi connectivity index (χ4n) is 4.59. The SMILES string of the molecule is NS(=O)(=NC(=O)Nc1c2c(cc3c1CC3)CCC2)c1cc2c(s1)CCN[C@H]2C(F)F. The molecule has 2 aromatic rings. The van der Waals surface area contributed by atoms with Gasteiger partial charge in [0.05, 0.1) is 6.04 Å². The summed E-state index contributed by atoms with van der Waals surface area (Å²) < 4.78 is 43.5. The van der Waals surface area contributed by atoms with Gasteiger partial charge in [-0.25, -0.2) is 22.9 Å². The van der Waals surface area contributed by atoms with Crippen molar-refractivity contribution in [3.05, 3.63) is 44.8 Å². The zero-order valence-electron chi connectivity index (χ0n) is 16.2. The van der Waals surface area contributed by atoms with Crippen LogP contribution >= 0.6 is 11.3 Å². The Morgan fingerprint density at radius 3 is 2.70 bits per heavy atom. The molecule has 30 heavy (non-hydrogen) atoms. The normalized spacial score (nSPS) is 21.3. The summed E-state index contributed by atoms with van der Waals surface area (Å²) in [5, 5.41) is 11.5. The number of aryl methyl sites for hydroxylation is 2. The van der Waals surface area contributed by atoms with Gasteiger partial charge in [0.2, 0.25) is 0 Å². The Kier molecular flexibility index (Phi) is 4.92. The number of benzene rings is 1. The largest absolute Gasteiger partial charge is 0.354 e. The number of hydrogen-bond donors (Lipinski definition) is 3. The van der Waals surface area contributed by atoms with E-state index in [0.29, 0.717) is 23.4 Å². The van der Waals surface area contributed by atoms with Gasteiger partial charge in [-0.3, -0.25) is 0 Å². The lowest BCUT2D eigenvalue weighted by molar-refractivity contribution is 0.0958. The minimum absolute atomic E-state index is 0.156. The molecule has 2 heterocycles. The van der Waals surface area contributed by atoms with E-state index in [1.807, 2.05) is 0 Å². The Hall–Kier alpha value is -1.88. The molecule has 1 aromatic heterocycles. The number of rotatable bonds is 3. The first-order chi connectivity index (χ1) is 14.3. The molecular formula is C20H22F2N4O2S2. The van der Waals surface area contributed by atoms with Crippen molar-refractivity contribution in [2.24, 2.45) is 9.50 Å². The molecule has 2 amide bonds. The number of amides is 2. The van der Waals surface area contributed by atoms with Crippen LogP contribution in [0.1, 0.15) is 45.2 Å². The summed E-state index contributed by atoms with van der Waals surface area (Å²) in [6, 6.07) is 1.76. The van der Waals surface area contributed by atoms with Crippen LogP contribution in [-0.4, -0.2) is 23.2 Å². The minimum atomic E-state index is -3.53. The fourth-order valence-corrected chi connectivity index (χ4v) is 7.09. The first-order valence-corrected chi connectivity index (χ1v) is 12.4. The lowest BCUT2D eigenvalue weighted by Gasteiger charge is -2.25. The molecule has 160 valence electrons. The molecule has 0 saturated heterocycles. The zero-order chi connectivity index (χ0) is 21.0. The van der Waals surface area contributed by atoms with Gasteiger partial charge >= 0.3 is 6.03 Å². The quantitative estimate of drug-likeness (QED) is 0.662. The van der Waals surface area contributed by atoms with Gasteiger partial charge in [0.15, 0.2) is 9.92 Å². The Labute approximate surface area is 177 Å². The molecule has 1 aliphatic heterocycles. The van der Waals surface area contributed by atoms with E-state index in [2.05, 4.69) is 21.1 Å². The van der Waals surface area contributed by atoms with Gasteiger partial charge in [-0.05, 0) is 72.4 Å². The number of nitrogens with one attached hydrogen (secondary N) is 2. The van der Waals surface area contributed by atoms with Gasteiger partial charge in [-0.15, -0.1) is 15.7 Å². The number of halogens is 2. The lowest BCUT2D eigenvalue weighted by atomic mass is 9.83. The van der Waals surface area contributed by atoms with Crippen LogP contribution in [0.25, 0.3) is 0 Å². The van der Waals surface area contributed by atoms with Crippen molar-refractivity contribution in [3.8, 4) is 0 Å². The number of fused-ring (bicyclic) bond motifs is 3. The predicted molar refractivity (Wildman–Crippen MR) is 113 cm³/mol. The molecule has 6 nitrogen and oxygen atoms in total. The molecule has 0 fully saturated rings. The lowest BCUT2D eigenvalue weighted by Crippen LogP contribution is -2.33. The molecule has 5 rings (SSSR count). The number of nitrogens with zero attached hydrogens (tertiary/aromatic N) is 1. The summed E-state index contributed by atoms with van der Waals surface area (Å²) in [5.41, 5.74) is 5.96. The number of thiophene rings is 1. The Morgan fingerprint density at radius 2 is 1.97 bits per heavy atom. The van der Waals surface area contributed by atoms with E-state index in [1.54, 1.807) is 0 Å². The standard InChI is InChI=1S/C20H22F2N4O2S2/c21-19(22)18-14-9-16(29-15(14)6-7-24-18)30(23,28)26-20(27)25-17-12-3-1-2-10(12)8-11-4-5-13(11)17/h8-9,18-19,24H,1-7H2,(H3,23,25,26,27,28)/t18-,30?/m1/s1. The molecule has 2 atom stereocenters. The van der Waals surface area contributed by atoms with Crippen LogP contribution in [0.15, 0.2) is 20.7 Å². The summed E-state index contributed by atoms with van der Waals surface area (Å²) in [6.45, 7) is 0.412. The summed E-state index contributed by atoms with van der Waals surface area (Å²) in [6.07, 6.45) is 2.80. The van der Waals surface area contributed by atoms with Gasteiger partial charge in [0.25, 0.3) is 6.43 Å². The summed E-state index contributed by atoms with van der Waals surface area (Å²) in [5.74, 6) is 0. The third-order valence-corrected chi connectivity index (χ3v) is 9.21. The monoisotopic (exact) mass is 452 g/mol. The first-order valence-electron chi connectivity index (χ1n) is 10.00. The van der Waals surface area contributed by atoms with Crippen LogP contribution in [0, 0.1) is 0 Å². The van der Waals surface area contributed by atoms with Crippen molar-refractivity contribution in [2.45, 2.75) is 55.2 Å². The average Bonchev–Trinajstić information content (AvgIpc) is 3.30. The van der Waals surface area contributed by atoms with Gasteiger partial charge in [-0.2, -0.15) is 0 Å². The topological polar surface area (TPSA) is 96.6 Å². The van der Waals surface area contributed by atoms with Crippen molar-refractivity contribution in [3.63, 3.8) is 0 Å². The number of hydrogen-bond acceptors (Lipinski definition) is 4. The maximum atomic E-state index is 13.3. The number of carbonyl (C=O) groups is 1. The maximum Gasteiger partial charge on any atom is 0.354 e. The smallest absolute Gasteiger partial charge is 0.305 e. The Balaban J connectivity index is 1.45. The second-order valence-electron chi connectivity index (χ2n) is 7.93. The van der Waals surface area contributed by atoms with Gasteiger partial charge < -0.3 is 10.6 Å². The van der Waals surface area contributed by atoms with Crippen molar-refractivity contribution in [1.82, 2.24) is 5.32 Å². The molecule has 1 unspecified atom stereocenters. The molecule has 0 bridgehead atoms. The summed E-state index contributed by atoms with van der Waals surface area (Å²) in [4.78, 5) is 13.4. The van der Waals surface area contributed by atoms with Crippen LogP contribution < -0.4 is 15.8 Å². The third-order valence-electron chi connectivity index (χ3n) is 6.11. The maximum absolute atomic E-state index is 13.3. The van der Waals surface area contributed by atoms with Crippen molar-refractivity contribution < 1.29 is 17.8 Å². The Morgan fingerprint density at radius 1 is 1.20 bits per heavy atom. The highest BCUT2D eigenvalue weighted by Gasteiger charge is 2.31. The van der Waals surface area contributed by atoms with E-state index < -0.39 is 28.4 Å². The van der Waals surface area contributed by atoms with Crippen molar-refractivity contribution >= 4 is 33.0 Å². The van der Waals surface area contributed by atoms with E-state index >= 15 is 0 Å². The average molecular weight is 453 g/mol. The Bertz CT molecular complexity index is 1170. The van der Waals surface area contributed by atoms with Crippen LogP contribution in [0.2, 0.25) is 0 Å². The van der Waals surface area contributed by atoms with Crippen LogP contribution in [0.4, 0.5) is 19.3 Å². The van der Waals surface area contributed by atoms with Crippen molar-refractivity contribution in [1.29, 1.82) is 0 Å². The number of urea groups is 1. The van der Waals surface area contributed by atoms with Crippen LogP contribution in [-0.2, 0) is 42.0 Å². The molecule has 1 aromatic carbocycles. The number of carbonyl (C=O) groups excluding carboxylic acids is 1. The van der Waals surface area contributed by atoms with E-state index in [9.17, 15) is 17.8 Å². The first kappa shape index (κ1) is 20.0. The van der Waals surface area contributed by atoms with Gasteiger partial charge in [0, 0.05) is 17.1 Å². The highest BCUT2D eigenvalue weighted by atomic mass is 32.2. The zero-order valence-corrected chi connectivity index (χ0v) is 17.8. The minimum Gasteiger partial charge on any atom is -0.305 e. The van der Waals surface area contributed by atoms with E-state index in [4.69, 9.17) is 5.14 Å². The van der Waals surface area contributed by atoms with Crippen LogP contribution in [0.3, 0.4) is 0 Å². The summed E-state index contributed by atoms with van der Waals surface area (Å²) >= 11 is 1.10. The van der Waals surface area contributed by atoms with E-state index in [1.165, 1.54) is 17.2 Å². The molecule has 0 radical (unpaired) electrons. The van der Waals surface area contributed by atoms with Crippen LogP contribution in [0.5, 0.6) is 0 Å². The molecule has 0 spiro atoms. The molecule has 2 aliphatic carbocycles. The molecule has 3 aliphatic rings. The highest BCUT2D eigenvalue weighted by Crippen LogP contribution is 2.40. The highest BCUT2D eigenvalue weighted by molar-refractivity contribution is 7.93. The number of anilines is 1.